The number of methoxy groups -OCH3 is 1. The van der Waals surface area contributed by atoms with E-state index in [1.165, 1.54) is 7.11 Å². The molecule has 1 atom stereocenters. The summed E-state index contributed by atoms with van der Waals surface area (Å²) in [5, 5.41) is 6.42. The molecule has 1 heterocycles. The minimum atomic E-state index is -0.264. The van der Waals surface area contributed by atoms with Crippen molar-refractivity contribution in [2.75, 3.05) is 45.3 Å². The highest BCUT2D eigenvalue weighted by molar-refractivity contribution is 5.93. The summed E-state index contributed by atoms with van der Waals surface area (Å²) in [7, 11) is 1.38. The third-order valence-electron chi connectivity index (χ3n) is 4.38. The molecule has 0 saturated carbocycles. The Morgan fingerprint density at radius 2 is 2.10 bits per heavy atom. The van der Waals surface area contributed by atoms with Crippen LogP contribution in [0.4, 0.5) is 5.69 Å². The van der Waals surface area contributed by atoms with Crippen molar-refractivity contribution in [2.45, 2.75) is 51.7 Å². The normalized spacial score (nSPS) is 16.5. The maximum absolute atomic E-state index is 11.4. The van der Waals surface area contributed by atoms with Crippen molar-refractivity contribution in [3.05, 3.63) is 24.3 Å². The summed E-state index contributed by atoms with van der Waals surface area (Å²) in [5.41, 5.74) is 0.880. The van der Waals surface area contributed by atoms with Gasteiger partial charge in [0.05, 0.1) is 32.3 Å². The average molecular weight is 422 g/mol. The van der Waals surface area contributed by atoms with E-state index in [2.05, 4.69) is 20.4 Å². The topological polar surface area (TPSA) is 90.4 Å². The Hall–Kier alpha value is -2.32. The first-order chi connectivity index (χ1) is 14.6. The zero-order valence-corrected chi connectivity index (χ0v) is 18.3. The Balaban J connectivity index is 1.80. The van der Waals surface area contributed by atoms with Crippen LogP contribution in [0.5, 0.6) is 5.75 Å². The first-order valence-electron chi connectivity index (χ1n) is 10.6. The standard InChI is InChI=1S/C22H35N3O5/c1-17(2)30-19-9-7-18(8-10-19)25-22(24-13-11-21(26)27-3)23-12-5-14-28-16-20-6-4-15-29-20/h7-10,17,20H,4-6,11-16H2,1-3H3,(H2,23,24,25). The molecule has 1 aliphatic heterocycles. The monoisotopic (exact) mass is 421 g/mol. The van der Waals surface area contributed by atoms with Gasteiger partial charge in [-0.25, -0.2) is 0 Å². The second kappa shape index (κ2) is 13.8. The summed E-state index contributed by atoms with van der Waals surface area (Å²) >= 11 is 0. The van der Waals surface area contributed by atoms with E-state index in [4.69, 9.17) is 14.2 Å². The summed E-state index contributed by atoms with van der Waals surface area (Å²) in [4.78, 5) is 15.9. The molecular formula is C22H35N3O5. The van der Waals surface area contributed by atoms with Crippen LogP contribution < -0.4 is 15.4 Å². The summed E-state index contributed by atoms with van der Waals surface area (Å²) in [5.74, 6) is 1.16. The molecule has 1 saturated heterocycles. The van der Waals surface area contributed by atoms with Crippen molar-refractivity contribution in [1.29, 1.82) is 0 Å². The number of hydrogen-bond donors (Lipinski definition) is 2. The van der Waals surface area contributed by atoms with Gasteiger partial charge in [-0.2, -0.15) is 0 Å². The fourth-order valence-electron chi connectivity index (χ4n) is 2.90. The first kappa shape index (κ1) is 24.0. The number of aliphatic imine (C=N–C) groups is 1. The molecule has 1 aliphatic rings. The zero-order valence-electron chi connectivity index (χ0n) is 18.3. The number of rotatable bonds is 12. The number of guanidine groups is 1. The molecule has 30 heavy (non-hydrogen) atoms. The fraction of sp³-hybridized carbons (Fsp3) is 0.636. The average Bonchev–Trinajstić information content (AvgIpc) is 3.24. The third kappa shape index (κ3) is 9.93. The molecule has 2 N–H and O–H groups in total. The Morgan fingerprint density at radius 1 is 1.30 bits per heavy atom. The van der Waals surface area contributed by atoms with Gasteiger partial charge < -0.3 is 29.6 Å². The Morgan fingerprint density at radius 3 is 2.77 bits per heavy atom. The lowest BCUT2D eigenvalue weighted by atomic mass is 10.2. The first-order valence-corrected chi connectivity index (χ1v) is 10.6. The van der Waals surface area contributed by atoms with E-state index in [1.54, 1.807) is 0 Å². The van der Waals surface area contributed by atoms with Gasteiger partial charge in [-0.1, -0.05) is 0 Å². The van der Waals surface area contributed by atoms with Crippen LogP contribution in [-0.2, 0) is 19.0 Å². The van der Waals surface area contributed by atoms with Crippen molar-refractivity contribution in [2.24, 2.45) is 4.99 Å². The smallest absolute Gasteiger partial charge is 0.307 e. The lowest BCUT2D eigenvalue weighted by molar-refractivity contribution is -0.140. The van der Waals surface area contributed by atoms with Crippen LogP contribution in [0.25, 0.3) is 0 Å². The van der Waals surface area contributed by atoms with Crippen molar-refractivity contribution in [3.8, 4) is 5.75 Å². The summed E-state index contributed by atoms with van der Waals surface area (Å²) in [6.45, 7) is 7.15. The maximum atomic E-state index is 11.4. The minimum absolute atomic E-state index is 0.128. The lowest BCUT2D eigenvalue weighted by Crippen LogP contribution is -2.33. The van der Waals surface area contributed by atoms with Crippen LogP contribution in [0.3, 0.4) is 0 Å². The van der Waals surface area contributed by atoms with Gasteiger partial charge in [0.2, 0.25) is 0 Å². The molecule has 2 rings (SSSR count). The molecule has 1 aromatic rings. The molecule has 1 fully saturated rings. The lowest BCUT2D eigenvalue weighted by Gasteiger charge is -2.14. The van der Waals surface area contributed by atoms with Crippen molar-refractivity contribution < 1.29 is 23.7 Å². The molecule has 0 bridgehead atoms. The number of nitrogens with zero attached hydrogens (tertiary/aromatic N) is 1. The van der Waals surface area contributed by atoms with Crippen LogP contribution in [0, 0.1) is 0 Å². The van der Waals surface area contributed by atoms with Crippen LogP contribution in [0.2, 0.25) is 0 Å². The van der Waals surface area contributed by atoms with Gasteiger partial charge in [-0.3, -0.25) is 9.79 Å². The van der Waals surface area contributed by atoms with Crippen LogP contribution in [0.1, 0.15) is 39.5 Å². The molecule has 0 spiro atoms. The number of ether oxygens (including phenoxy) is 4. The number of carbonyl (C=O) groups is 1. The third-order valence-corrected chi connectivity index (χ3v) is 4.38. The molecule has 0 aromatic heterocycles. The number of hydrogen-bond acceptors (Lipinski definition) is 6. The van der Waals surface area contributed by atoms with Crippen molar-refractivity contribution >= 4 is 17.6 Å². The van der Waals surface area contributed by atoms with Gasteiger partial charge in [-0.15, -0.1) is 0 Å². The molecular weight excluding hydrogens is 386 g/mol. The molecule has 1 unspecified atom stereocenters. The number of esters is 1. The quantitative estimate of drug-likeness (QED) is 0.232. The maximum Gasteiger partial charge on any atom is 0.307 e. The molecule has 0 radical (unpaired) electrons. The molecule has 168 valence electrons. The Kier molecular flexibility index (Phi) is 11.0. The number of anilines is 1. The van der Waals surface area contributed by atoms with Gasteiger partial charge in [0.1, 0.15) is 5.75 Å². The number of carbonyl (C=O) groups excluding carboxylic acids is 1. The van der Waals surface area contributed by atoms with E-state index >= 15 is 0 Å². The highest BCUT2D eigenvalue weighted by Crippen LogP contribution is 2.17. The molecule has 1 aromatic carbocycles. The number of nitrogens with one attached hydrogen (secondary N) is 2. The van der Waals surface area contributed by atoms with E-state index in [0.717, 1.165) is 37.3 Å². The Labute approximate surface area is 179 Å². The SMILES string of the molecule is COC(=O)CCNC(=NCCCOCC1CCCO1)Nc1ccc(OC(C)C)cc1. The predicted molar refractivity (Wildman–Crippen MR) is 117 cm³/mol. The van der Waals surface area contributed by atoms with E-state index in [9.17, 15) is 4.79 Å². The van der Waals surface area contributed by atoms with Gasteiger partial charge in [0, 0.05) is 32.0 Å². The Bertz CT molecular complexity index is 643. The van der Waals surface area contributed by atoms with Gasteiger partial charge in [0.25, 0.3) is 0 Å². The second-order valence-electron chi connectivity index (χ2n) is 7.36. The largest absolute Gasteiger partial charge is 0.491 e. The highest BCUT2D eigenvalue weighted by atomic mass is 16.5. The van der Waals surface area contributed by atoms with E-state index in [0.29, 0.717) is 32.3 Å². The molecule has 0 amide bonds. The van der Waals surface area contributed by atoms with Crippen molar-refractivity contribution in [3.63, 3.8) is 0 Å². The van der Waals surface area contributed by atoms with Crippen LogP contribution in [-0.4, -0.2) is 64.2 Å². The molecule has 8 nitrogen and oxygen atoms in total. The molecule has 8 heteroatoms. The van der Waals surface area contributed by atoms with Gasteiger partial charge in [0.15, 0.2) is 5.96 Å². The second-order valence-corrected chi connectivity index (χ2v) is 7.36. The number of benzene rings is 1. The van der Waals surface area contributed by atoms with E-state index in [-0.39, 0.29) is 24.6 Å². The van der Waals surface area contributed by atoms with Gasteiger partial charge in [-0.05, 0) is 57.4 Å². The highest BCUT2D eigenvalue weighted by Gasteiger charge is 2.14. The van der Waals surface area contributed by atoms with E-state index < -0.39 is 0 Å². The van der Waals surface area contributed by atoms with Crippen LogP contribution in [0.15, 0.2) is 29.3 Å². The fourth-order valence-corrected chi connectivity index (χ4v) is 2.90. The summed E-state index contributed by atoms with van der Waals surface area (Å²) < 4.78 is 21.6. The zero-order chi connectivity index (χ0) is 21.6. The molecule has 0 aliphatic carbocycles. The minimum Gasteiger partial charge on any atom is -0.491 e. The van der Waals surface area contributed by atoms with Crippen LogP contribution >= 0.6 is 0 Å². The van der Waals surface area contributed by atoms with E-state index in [1.807, 2.05) is 38.1 Å². The summed E-state index contributed by atoms with van der Waals surface area (Å²) in [6.07, 6.45) is 3.64. The summed E-state index contributed by atoms with van der Waals surface area (Å²) in [6, 6.07) is 7.68. The van der Waals surface area contributed by atoms with Crippen molar-refractivity contribution in [1.82, 2.24) is 5.32 Å². The predicted octanol–water partition coefficient (Wildman–Crippen LogP) is 2.98. The van der Waals surface area contributed by atoms with Gasteiger partial charge >= 0.3 is 5.97 Å².